The lowest BCUT2D eigenvalue weighted by Gasteiger charge is -2.24. The molecule has 61 heavy (non-hydrogen) atoms. The van der Waals surface area contributed by atoms with Gasteiger partial charge in [0, 0.05) is 12.8 Å². The number of carbonyl (C=O) groups excluding carboxylic acids is 2. The topological polar surface area (TPSA) is 129 Å². The number of quaternary nitrogens is 1. The van der Waals surface area contributed by atoms with E-state index in [0.29, 0.717) is 36.7 Å². The summed E-state index contributed by atoms with van der Waals surface area (Å²) in [5.74, 6) is -0.912. The van der Waals surface area contributed by atoms with Crippen LogP contribution in [0.15, 0.2) is 72.9 Å². The van der Waals surface area contributed by atoms with E-state index < -0.39 is 38.6 Å². The second-order valence-electron chi connectivity index (χ2n) is 17.0. The molecule has 0 amide bonds. The molecule has 1 unspecified atom stereocenters. The molecule has 2 N–H and O–H groups in total. The van der Waals surface area contributed by atoms with Gasteiger partial charge in [-0.05, 0) is 77.0 Å². The molecule has 11 heteroatoms. The number of esters is 2. The van der Waals surface area contributed by atoms with Gasteiger partial charge in [0.15, 0.2) is 6.10 Å². The fourth-order valence-corrected chi connectivity index (χ4v) is 6.74. The van der Waals surface area contributed by atoms with Gasteiger partial charge in [-0.2, -0.15) is 0 Å². The molecular formula is C50H89NO9P+. The van der Waals surface area contributed by atoms with Crippen LogP contribution < -0.4 is 0 Å². The van der Waals surface area contributed by atoms with Crippen molar-refractivity contribution in [1.82, 2.24) is 0 Å². The highest BCUT2D eigenvalue weighted by Crippen LogP contribution is 2.43. The second-order valence-corrected chi connectivity index (χ2v) is 18.4. The number of aliphatic hydroxyl groups is 1. The summed E-state index contributed by atoms with van der Waals surface area (Å²) in [5, 5.41) is 10.1. The van der Waals surface area contributed by atoms with Crippen molar-refractivity contribution in [3.63, 3.8) is 0 Å². The van der Waals surface area contributed by atoms with E-state index in [9.17, 15) is 24.2 Å². The molecule has 352 valence electrons. The molecule has 0 aromatic rings. The number of carbonyl (C=O) groups is 2. The van der Waals surface area contributed by atoms with Crippen LogP contribution >= 0.6 is 7.82 Å². The van der Waals surface area contributed by atoms with Crippen LogP contribution in [-0.4, -0.2) is 86.1 Å². The average Bonchev–Trinajstić information content (AvgIpc) is 3.21. The van der Waals surface area contributed by atoms with Crippen molar-refractivity contribution in [2.24, 2.45) is 0 Å². The molecule has 0 aliphatic rings. The minimum atomic E-state index is -4.41. The molecule has 0 spiro atoms. The van der Waals surface area contributed by atoms with Crippen molar-refractivity contribution in [3.05, 3.63) is 72.9 Å². The van der Waals surface area contributed by atoms with Crippen LogP contribution in [-0.2, 0) is 32.7 Å². The molecule has 0 bridgehead atoms. The Labute approximate surface area is 372 Å². The zero-order valence-corrected chi connectivity index (χ0v) is 40.1. The van der Waals surface area contributed by atoms with Gasteiger partial charge in [-0.3, -0.25) is 18.6 Å². The van der Waals surface area contributed by atoms with Gasteiger partial charge in [0.2, 0.25) is 0 Å². The molecule has 0 heterocycles. The number of allylic oxidation sites excluding steroid dienone is 10. The summed E-state index contributed by atoms with van der Waals surface area (Å²) in [6.07, 6.45) is 48.4. The molecule has 10 nitrogen and oxygen atoms in total. The zero-order chi connectivity index (χ0) is 45.1. The Morgan fingerprint density at radius 2 is 1.10 bits per heavy atom. The van der Waals surface area contributed by atoms with Gasteiger partial charge in [-0.15, -0.1) is 0 Å². The zero-order valence-electron chi connectivity index (χ0n) is 39.2. The highest BCUT2D eigenvalue weighted by Gasteiger charge is 2.27. The minimum Gasteiger partial charge on any atom is -0.462 e. The highest BCUT2D eigenvalue weighted by molar-refractivity contribution is 7.47. The van der Waals surface area contributed by atoms with Crippen LogP contribution in [0.5, 0.6) is 0 Å². The summed E-state index contributed by atoms with van der Waals surface area (Å²) in [6, 6.07) is 0. The quantitative estimate of drug-likeness (QED) is 0.0154. The number of likely N-dealkylation sites (N-methyl/N-ethyl adjacent to an activating group) is 1. The number of rotatable bonds is 42. The van der Waals surface area contributed by atoms with Crippen molar-refractivity contribution >= 4 is 19.8 Å². The van der Waals surface area contributed by atoms with Crippen LogP contribution in [0.1, 0.15) is 174 Å². The lowest BCUT2D eigenvalue weighted by atomic mass is 10.1. The van der Waals surface area contributed by atoms with E-state index in [4.69, 9.17) is 18.5 Å². The Bertz CT molecular complexity index is 1280. The number of hydrogen-bond acceptors (Lipinski definition) is 8. The largest absolute Gasteiger partial charge is 0.472 e. The lowest BCUT2D eigenvalue weighted by molar-refractivity contribution is -0.870. The summed E-state index contributed by atoms with van der Waals surface area (Å²) >= 11 is 0. The van der Waals surface area contributed by atoms with E-state index in [1.54, 1.807) is 6.08 Å². The minimum absolute atomic E-state index is 0.00909. The maximum absolute atomic E-state index is 12.7. The van der Waals surface area contributed by atoms with Crippen molar-refractivity contribution in [3.8, 4) is 0 Å². The fourth-order valence-electron chi connectivity index (χ4n) is 6.00. The fraction of sp³-hybridized carbons (Fsp3) is 0.720. The van der Waals surface area contributed by atoms with Gasteiger partial charge in [0.1, 0.15) is 19.8 Å². The Morgan fingerprint density at radius 3 is 1.69 bits per heavy atom. The number of phosphoric ester groups is 1. The average molecular weight is 879 g/mol. The van der Waals surface area contributed by atoms with Crippen molar-refractivity contribution in [2.75, 3.05) is 47.5 Å². The maximum atomic E-state index is 12.7. The molecule has 3 atom stereocenters. The molecule has 0 saturated heterocycles. The molecule has 0 aliphatic heterocycles. The summed E-state index contributed by atoms with van der Waals surface area (Å²) in [7, 11) is 1.40. The van der Waals surface area contributed by atoms with Crippen molar-refractivity contribution < 1.29 is 47.2 Å². The Balaban J connectivity index is 4.47. The number of nitrogens with zero attached hydrogens (tertiary/aromatic N) is 1. The summed E-state index contributed by atoms with van der Waals surface area (Å²) in [5.41, 5.74) is 0. The summed E-state index contributed by atoms with van der Waals surface area (Å²) in [4.78, 5) is 35.4. The Hall–Kier alpha value is -2.59. The first-order valence-electron chi connectivity index (χ1n) is 23.8. The number of hydrogen-bond donors (Lipinski definition) is 2. The van der Waals surface area contributed by atoms with Gasteiger partial charge >= 0.3 is 19.8 Å². The van der Waals surface area contributed by atoms with E-state index in [0.717, 1.165) is 44.9 Å². The van der Waals surface area contributed by atoms with Crippen LogP contribution in [0.3, 0.4) is 0 Å². The van der Waals surface area contributed by atoms with E-state index >= 15 is 0 Å². The first kappa shape index (κ1) is 58.4. The van der Waals surface area contributed by atoms with E-state index in [2.05, 4.69) is 44.2 Å². The van der Waals surface area contributed by atoms with Crippen LogP contribution in [0.25, 0.3) is 0 Å². The third kappa shape index (κ3) is 45.3. The van der Waals surface area contributed by atoms with Crippen molar-refractivity contribution in [2.45, 2.75) is 187 Å². The SMILES string of the molecule is CCCCC/C=C\C/C=C\CCCCCCCCCCCC(=O)O[C@H](COC(=O)CCC/C=C\C/C=C\C=C\[C@H](O)C/C=C\CCCCC)COP(=O)(O)OCC[N+](C)(C)C. The maximum Gasteiger partial charge on any atom is 0.472 e. The molecular weight excluding hydrogens is 790 g/mol. The first-order valence-corrected chi connectivity index (χ1v) is 25.3. The third-order valence-corrected chi connectivity index (χ3v) is 10.8. The smallest absolute Gasteiger partial charge is 0.462 e. The molecule has 0 fully saturated rings. The van der Waals surface area contributed by atoms with Crippen LogP contribution in [0, 0.1) is 0 Å². The van der Waals surface area contributed by atoms with Gasteiger partial charge in [0.05, 0.1) is 33.9 Å². The molecule has 0 aromatic carbocycles. The summed E-state index contributed by atoms with van der Waals surface area (Å²) in [6.45, 7) is 4.20. The van der Waals surface area contributed by atoms with Gasteiger partial charge < -0.3 is 24.0 Å². The molecule has 0 aromatic heterocycles. The predicted molar refractivity (Wildman–Crippen MR) is 253 cm³/mol. The third-order valence-electron chi connectivity index (χ3n) is 9.79. The van der Waals surface area contributed by atoms with Crippen LogP contribution in [0.4, 0.5) is 0 Å². The van der Waals surface area contributed by atoms with Crippen molar-refractivity contribution in [1.29, 1.82) is 0 Å². The summed E-state index contributed by atoms with van der Waals surface area (Å²) < 4.78 is 34.3. The number of ether oxygens (including phenoxy) is 2. The van der Waals surface area contributed by atoms with E-state index in [-0.39, 0.29) is 26.1 Å². The first-order chi connectivity index (χ1) is 29.4. The predicted octanol–water partition coefficient (Wildman–Crippen LogP) is 12.8. The normalized spacial score (nSPS) is 14.7. The lowest BCUT2D eigenvalue weighted by Crippen LogP contribution is -2.37. The number of phosphoric acid groups is 1. The highest BCUT2D eigenvalue weighted by atomic mass is 31.2. The van der Waals surface area contributed by atoms with E-state index in [1.807, 2.05) is 57.6 Å². The molecule has 0 radical (unpaired) electrons. The van der Waals surface area contributed by atoms with Gasteiger partial charge in [-0.1, -0.05) is 157 Å². The molecule has 0 aliphatic carbocycles. The van der Waals surface area contributed by atoms with E-state index in [1.165, 1.54) is 77.0 Å². The molecule has 0 saturated carbocycles. The molecule has 0 rings (SSSR count). The van der Waals surface area contributed by atoms with Crippen LogP contribution in [0.2, 0.25) is 0 Å². The monoisotopic (exact) mass is 879 g/mol. The standard InChI is InChI=1S/C50H88NO9P/c1-6-8-10-12-14-15-16-17-18-19-20-21-22-23-24-25-30-34-38-42-50(54)60-48(46-59-61(55,56)58-44-43-51(3,4)5)45-57-49(53)41-37-33-29-27-26-28-32-36-40-47(52)39-35-31-13-11-9-7-2/h14-15,17-18,27-29,31-32,35-36,40,47-48,52H,6-13,16,19-26,30,33-34,37-39,41-46H2,1-5H3/p+1/b15-14-,18-17-,29-27-,32-28-,35-31-,40-36+/t47-,48-/m1/s1. The number of aliphatic hydroxyl groups excluding tert-OH is 1. The Morgan fingerprint density at radius 1 is 0.590 bits per heavy atom. The van der Waals surface area contributed by atoms with Gasteiger partial charge in [0.25, 0.3) is 0 Å². The Kier molecular flexibility index (Phi) is 39.7. The second kappa shape index (κ2) is 41.4. The van der Waals surface area contributed by atoms with Gasteiger partial charge in [-0.25, -0.2) is 4.57 Å². The number of unbranched alkanes of at least 4 members (excludes halogenated alkanes) is 16.